The quantitative estimate of drug-likeness (QED) is 0.586. The van der Waals surface area contributed by atoms with Crippen molar-refractivity contribution in [3.05, 3.63) is 37.5 Å². The molecular formula is C16H23Cl2N5S. The lowest BCUT2D eigenvalue weighted by atomic mass is 10.3. The fourth-order valence-corrected chi connectivity index (χ4v) is 3.69. The summed E-state index contributed by atoms with van der Waals surface area (Å²) in [6.45, 7) is 8.26. The Labute approximate surface area is 157 Å². The van der Waals surface area contributed by atoms with Crippen LogP contribution in [0.2, 0.25) is 10.2 Å². The summed E-state index contributed by atoms with van der Waals surface area (Å²) >= 11 is 13.9. The van der Waals surface area contributed by atoms with Gasteiger partial charge in [0.05, 0.1) is 22.3 Å². The maximum atomic E-state index is 6.09. The summed E-state index contributed by atoms with van der Waals surface area (Å²) in [6.07, 6.45) is 0.934. The average molecular weight is 388 g/mol. The number of aromatic nitrogens is 2. The summed E-state index contributed by atoms with van der Waals surface area (Å²) in [5.41, 5.74) is 2.09. The number of aryl methyl sites for hydroxylation is 2. The van der Waals surface area contributed by atoms with Crippen LogP contribution in [0.3, 0.4) is 0 Å². The minimum absolute atomic E-state index is 0.511. The van der Waals surface area contributed by atoms with Crippen LogP contribution in [0.1, 0.15) is 28.2 Å². The number of rotatable bonds is 6. The summed E-state index contributed by atoms with van der Waals surface area (Å²) in [6, 6.07) is 1.85. The van der Waals surface area contributed by atoms with Gasteiger partial charge in [-0.15, -0.1) is 11.3 Å². The van der Waals surface area contributed by atoms with Crippen LogP contribution in [0.15, 0.2) is 11.1 Å². The molecule has 2 aromatic heterocycles. The number of nitrogens with one attached hydrogen (secondary N) is 2. The second-order valence-electron chi connectivity index (χ2n) is 5.45. The van der Waals surface area contributed by atoms with E-state index in [1.807, 2.05) is 31.5 Å². The summed E-state index contributed by atoms with van der Waals surface area (Å²) in [5, 5.41) is 8.81. The van der Waals surface area contributed by atoms with Crippen LogP contribution in [0, 0.1) is 13.8 Å². The third-order valence-electron chi connectivity index (χ3n) is 3.60. The zero-order chi connectivity index (χ0) is 17.7. The van der Waals surface area contributed by atoms with Gasteiger partial charge in [0, 0.05) is 37.1 Å². The van der Waals surface area contributed by atoms with Crippen molar-refractivity contribution in [2.24, 2.45) is 12.0 Å². The normalized spacial score (nSPS) is 11.8. The van der Waals surface area contributed by atoms with Gasteiger partial charge in [-0.1, -0.05) is 23.2 Å². The van der Waals surface area contributed by atoms with Crippen molar-refractivity contribution in [2.45, 2.75) is 33.7 Å². The monoisotopic (exact) mass is 387 g/mol. The van der Waals surface area contributed by atoms with Gasteiger partial charge in [0.15, 0.2) is 5.96 Å². The minimum Gasteiger partial charge on any atom is -0.357 e. The Balaban J connectivity index is 1.95. The number of aliphatic imine (C=N–C) groups is 1. The Hall–Kier alpha value is -1.24. The van der Waals surface area contributed by atoms with E-state index in [1.54, 1.807) is 11.3 Å². The maximum Gasteiger partial charge on any atom is 0.191 e. The van der Waals surface area contributed by atoms with Gasteiger partial charge < -0.3 is 15.2 Å². The molecule has 0 aliphatic heterocycles. The SMILES string of the molecule is CCNC(=NCc1cc(Cl)c(Cl)n1C)NCCc1sc(C)nc1C. The van der Waals surface area contributed by atoms with Gasteiger partial charge >= 0.3 is 0 Å². The highest BCUT2D eigenvalue weighted by molar-refractivity contribution is 7.11. The van der Waals surface area contributed by atoms with Gasteiger partial charge in [-0.05, 0) is 26.8 Å². The highest BCUT2D eigenvalue weighted by atomic mass is 35.5. The van der Waals surface area contributed by atoms with E-state index in [1.165, 1.54) is 4.88 Å². The molecule has 2 heterocycles. The van der Waals surface area contributed by atoms with Crippen LogP contribution in [-0.4, -0.2) is 28.6 Å². The van der Waals surface area contributed by atoms with Gasteiger partial charge in [-0.3, -0.25) is 0 Å². The van der Waals surface area contributed by atoms with Crippen LogP contribution in [0.5, 0.6) is 0 Å². The van der Waals surface area contributed by atoms with Gasteiger partial charge in [0.2, 0.25) is 0 Å². The Morgan fingerprint density at radius 3 is 2.62 bits per heavy atom. The minimum atomic E-state index is 0.511. The van der Waals surface area contributed by atoms with E-state index in [9.17, 15) is 0 Å². The number of nitrogens with zero attached hydrogens (tertiary/aromatic N) is 3. The highest BCUT2D eigenvalue weighted by Crippen LogP contribution is 2.25. The fourth-order valence-electron chi connectivity index (χ4n) is 2.34. The molecule has 0 radical (unpaired) electrons. The van der Waals surface area contributed by atoms with Crippen molar-refractivity contribution in [3.8, 4) is 0 Å². The van der Waals surface area contributed by atoms with Crippen molar-refractivity contribution in [3.63, 3.8) is 0 Å². The lowest BCUT2D eigenvalue weighted by molar-refractivity contribution is 0.781. The van der Waals surface area contributed by atoms with Gasteiger partial charge in [0.25, 0.3) is 0 Å². The van der Waals surface area contributed by atoms with E-state index >= 15 is 0 Å². The first-order valence-electron chi connectivity index (χ1n) is 7.87. The molecule has 0 bridgehead atoms. The Bertz CT molecular complexity index is 720. The molecule has 2 rings (SSSR count). The second-order valence-corrected chi connectivity index (χ2v) is 7.50. The smallest absolute Gasteiger partial charge is 0.191 e. The molecule has 0 saturated carbocycles. The Morgan fingerprint density at radius 2 is 2.08 bits per heavy atom. The molecule has 24 heavy (non-hydrogen) atoms. The molecule has 0 unspecified atom stereocenters. The van der Waals surface area contributed by atoms with E-state index in [0.717, 1.165) is 41.9 Å². The second kappa shape index (κ2) is 8.74. The summed E-state index contributed by atoms with van der Waals surface area (Å²) in [5.74, 6) is 0.782. The zero-order valence-electron chi connectivity index (χ0n) is 14.4. The molecule has 0 fully saturated rings. The first-order valence-corrected chi connectivity index (χ1v) is 9.44. The molecule has 5 nitrogen and oxygen atoms in total. The molecule has 0 aromatic carbocycles. The average Bonchev–Trinajstić information content (AvgIpc) is 2.98. The molecule has 0 aliphatic rings. The van der Waals surface area contributed by atoms with Crippen molar-refractivity contribution in [1.29, 1.82) is 0 Å². The Morgan fingerprint density at radius 1 is 1.33 bits per heavy atom. The topological polar surface area (TPSA) is 54.2 Å². The van der Waals surface area contributed by atoms with E-state index < -0.39 is 0 Å². The molecule has 2 N–H and O–H groups in total. The van der Waals surface area contributed by atoms with Gasteiger partial charge in [0.1, 0.15) is 5.15 Å². The van der Waals surface area contributed by atoms with E-state index in [2.05, 4.69) is 27.5 Å². The molecule has 0 amide bonds. The Kier molecular flexibility index (Phi) is 6.95. The number of guanidine groups is 1. The van der Waals surface area contributed by atoms with Crippen molar-refractivity contribution in [1.82, 2.24) is 20.2 Å². The molecule has 2 aromatic rings. The molecule has 8 heteroatoms. The fraction of sp³-hybridized carbons (Fsp3) is 0.500. The van der Waals surface area contributed by atoms with Gasteiger partial charge in [-0.2, -0.15) is 0 Å². The highest BCUT2D eigenvalue weighted by Gasteiger charge is 2.09. The molecule has 0 saturated heterocycles. The standard InChI is InChI=1S/C16H23Cl2N5S/c1-5-19-16(20-7-6-14-10(2)22-11(3)24-14)21-9-12-8-13(17)15(18)23(12)4/h8H,5-7,9H2,1-4H3,(H2,19,20,21). The van der Waals surface area contributed by atoms with E-state index in [4.69, 9.17) is 23.2 Å². The number of hydrogen-bond acceptors (Lipinski definition) is 3. The first-order chi connectivity index (χ1) is 11.4. The van der Waals surface area contributed by atoms with Crippen LogP contribution < -0.4 is 10.6 Å². The number of thiazole rings is 1. The van der Waals surface area contributed by atoms with Crippen LogP contribution >= 0.6 is 34.5 Å². The number of halogens is 2. The van der Waals surface area contributed by atoms with Crippen molar-refractivity contribution < 1.29 is 0 Å². The third kappa shape index (κ3) is 4.88. The number of hydrogen-bond donors (Lipinski definition) is 2. The van der Waals surface area contributed by atoms with Crippen LogP contribution in [-0.2, 0) is 20.0 Å². The lowest BCUT2D eigenvalue weighted by Gasteiger charge is -2.11. The first kappa shape index (κ1) is 19.1. The zero-order valence-corrected chi connectivity index (χ0v) is 16.7. The summed E-state index contributed by atoms with van der Waals surface area (Å²) in [7, 11) is 1.88. The predicted molar refractivity (Wildman–Crippen MR) is 104 cm³/mol. The van der Waals surface area contributed by atoms with Gasteiger partial charge in [-0.25, -0.2) is 9.98 Å². The predicted octanol–water partition coefficient (Wildman–Crippen LogP) is 3.70. The largest absolute Gasteiger partial charge is 0.357 e. The van der Waals surface area contributed by atoms with Crippen LogP contribution in [0.25, 0.3) is 0 Å². The summed E-state index contributed by atoms with van der Waals surface area (Å²) < 4.78 is 1.85. The molecular weight excluding hydrogens is 365 g/mol. The van der Waals surface area contributed by atoms with Crippen molar-refractivity contribution >= 4 is 40.5 Å². The van der Waals surface area contributed by atoms with Crippen LogP contribution in [0.4, 0.5) is 0 Å². The molecule has 132 valence electrons. The molecule has 0 atom stereocenters. The lowest BCUT2D eigenvalue weighted by Crippen LogP contribution is -2.38. The maximum absolute atomic E-state index is 6.09. The molecule has 0 spiro atoms. The van der Waals surface area contributed by atoms with E-state index in [0.29, 0.717) is 16.7 Å². The van der Waals surface area contributed by atoms with E-state index in [-0.39, 0.29) is 0 Å². The third-order valence-corrected chi connectivity index (χ3v) is 5.58. The van der Waals surface area contributed by atoms with Crippen molar-refractivity contribution in [2.75, 3.05) is 13.1 Å². The summed E-state index contributed by atoms with van der Waals surface area (Å²) in [4.78, 5) is 10.4. The molecule has 0 aliphatic carbocycles.